The molecule has 25 heavy (non-hydrogen) atoms. The lowest BCUT2D eigenvalue weighted by Crippen LogP contribution is -2.55. The van der Waals surface area contributed by atoms with E-state index in [4.69, 9.17) is 4.74 Å². The van der Waals surface area contributed by atoms with Gasteiger partial charge in [0.05, 0.1) is 4.92 Å². The molecule has 1 aromatic carbocycles. The standard InChI is InChI=1S/C16H21BrFN3O4/c1-10-9-19(5-6-20(10)15(22)25-16(2,3)4)13-8-11(17)7-12(18)14(13)21(23)24/h7-8,10H,5-6,9H2,1-4H3/t10-/m0/s1. The van der Waals surface area contributed by atoms with E-state index in [0.29, 0.717) is 24.1 Å². The number of hydrogen-bond acceptors (Lipinski definition) is 5. The van der Waals surface area contributed by atoms with E-state index in [9.17, 15) is 19.3 Å². The Bertz CT molecular complexity index is 693. The predicted molar refractivity (Wildman–Crippen MR) is 95.4 cm³/mol. The van der Waals surface area contributed by atoms with Crippen LogP contribution in [0.1, 0.15) is 27.7 Å². The minimum atomic E-state index is -0.892. The van der Waals surface area contributed by atoms with Gasteiger partial charge in [-0.15, -0.1) is 0 Å². The number of ether oxygens (including phenoxy) is 1. The molecule has 0 spiro atoms. The van der Waals surface area contributed by atoms with Crippen molar-refractivity contribution in [3.63, 3.8) is 0 Å². The molecule has 1 heterocycles. The van der Waals surface area contributed by atoms with Crippen LogP contribution in [-0.2, 0) is 4.74 Å². The van der Waals surface area contributed by atoms with E-state index in [1.165, 1.54) is 6.07 Å². The monoisotopic (exact) mass is 417 g/mol. The highest BCUT2D eigenvalue weighted by Crippen LogP contribution is 2.35. The SMILES string of the molecule is C[C@H]1CN(c2cc(Br)cc(F)c2[N+](=O)[O-])CCN1C(=O)OC(C)(C)C. The summed E-state index contributed by atoms with van der Waals surface area (Å²) >= 11 is 3.17. The zero-order valence-corrected chi connectivity index (χ0v) is 16.2. The zero-order valence-electron chi connectivity index (χ0n) is 14.6. The van der Waals surface area contributed by atoms with Crippen molar-refractivity contribution >= 4 is 33.4 Å². The molecule has 0 radical (unpaired) electrons. The molecule has 1 saturated heterocycles. The zero-order chi connectivity index (χ0) is 18.9. The number of amides is 1. The van der Waals surface area contributed by atoms with Gasteiger partial charge in [-0.3, -0.25) is 10.1 Å². The third kappa shape index (κ3) is 4.59. The summed E-state index contributed by atoms with van der Waals surface area (Å²) in [7, 11) is 0. The number of carbonyl (C=O) groups is 1. The quantitative estimate of drug-likeness (QED) is 0.537. The van der Waals surface area contributed by atoms with E-state index >= 15 is 0 Å². The van der Waals surface area contributed by atoms with Gasteiger partial charge in [-0.25, -0.2) is 4.79 Å². The summed E-state index contributed by atoms with van der Waals surface area (Å²) in [5, 5.41) is 11.2. The van der Waals surface area contributed by atoms with Crippen LogP contribution in [0.4, 0.5) is 20.6 Å². The van der Waals surface area contributed by atoms with Crippen molar-refractivity contribution in [2.24, 2.45) is 0 Å². The minimum absolute atomic E-state index is 0.201. The van der Waals surface area contributed by atoms with Crippen LogP contribution in [0.5, 0.6) is 0 Å². The van der Waals surface area contributed by atoms with Gasteiger partial charge in [0, 0.05) is 30.1 Å². The fourth-order valence-corrected chi connectivity index (χ4v) is 3.16. The maximum atomic E-state index is 14.0. The number of rotatable bonds is 2. The lowest BCUT2D eigenvalue weighted by molar-refractivity contribution is -0.386. The van der Waals surface area contributed by atoms with Gasteiger partial charge >= 0.3 is 11.8 Å². The maximum absolute atomic E-state index is 14.0. The van der Waals surface area contributed by atoms with Gasteiger partial charge in [-0.1, -0.05) is 15.9 Å². The Labute approximate surface area is 154 Å². The van der Waals surface area contributed by atoms with E-state index in [0.717, 1.165) is 6.07 Å². The van der Waals surface area contributed by atoms with Gasteiger partial charge in [0.1, 0.15) is 11.3 Å². The lowest BCUT2D eigenvalue weighted by atomic mass is 10.1. The molecule has 2 rings (SSSR count). The van der Waals surface area contributed by atoms with Crippen LogP contribution < -0.4 is 4.90 Å². The van der Waals surface area contributed by atoms with Crippen molar-refractivity contribution in [1.82, 2.24) is 4.90 Å². The van der Waals surface area contributed by atoms with Crippen molar-refractivity contribution in [3.8, 4) is 0 Å². The third-order valence-corrected chi connectivity index (χ3v) is 4.24. The average molecular weight is 418 g/mol. The Morgan fingerprint density at radius 3 is 2.56 bits per heavy atom. The van der Waals surface area contributed by atoms with E-state index in [1.54, 1.807) is 30.6 Å². The van der Waals surface area contributed by atoms with Crippen LogP contribution in [0, 0.1) is 15.9 Å². The molecule has 9 heteroatoms. The first-order chi connectivity index (χ1) is 11.5. The molecule has 1 aliphatic heterocycles. The third-order valence-electron chi connectivity index (χ3n) is 3.79. The second-order valence-electron chi connectivity index (χ2n) is 6.98. The number of piperazine rings is 1. The number of nitro groups is 1. The highest BCUT2D eigenvalue weighted by molar-refractivity contribution is 9.10. The number of benzene rings is 1. The molecular formula is C16H21BrFN3O4. The smallest absolute Gasteiger partial charge is 0.410 e. The number of hydrogen-bond donors (Lipinski definition) is 0. The Hall–Kier alpha value is -1.90. The summed E-state index contributed by atoms with van der Waals surface area (Å²) in [6.07, 6.45) is -0.422. The average Bonchev–Trinajstić information content (AvgIpc) is 2.43. The number of anilines is 1. The van der Waals surface area contributed by atoms with E-state index in [2.05, 4.69) is 15.9 Å². The molecule has 1 atom stereocenters. The molecule has 0 N–H and O–H groups in total. The number of carbonyl (C=O) groups excluding carboxylic acids is 1. The molecule has 0 saturated carbocycles. The van der Waals surface area contributed by atoms with Gasteiger partial charge in [0.15, 0.2) is 0 Å². The highest BCUT2D eigenvalue weighted by Gasteiger charge is 2.34. The largest absolute Gasteiger partial charge is 0.444 e. The van der Waals surface area contributed by atoms with Gasteiger partial charge in [-0.2, -0.15) is 4.39 Å². The van der Waals surface area contributed by atoms with E-state index in [1.807, 2.05) is 6.92 Å². The summed E-state index contributed by atoms with van der Waals surface area (Å²) < 4.78 is 19.8. The van der Waals surface area contributed by atoms with Crippen LogP contribution in [-0.4, -0.2) is 47.2 Å². The Balaban J connectivity index is 2.21. The van der Waals surface area contributed by atoms with Crippen molar-refractivity contribution < 1.29 is 18.8 Å². The molecule has 1 amide bonds. The minimum Gasteiger partial charge on any atom is -0.444 e. The molecule has 1 fully saturated rings. The molecule has 1 aliphatic rings. The van der Waals surface area contributed by atoms with Gasteiger partial charge < -0.3 is 14.5 Å². The topological polar surface area (TPSA) is 75.9 Å². The van der Waals surface area contributed by atoms with Crippen LogP contribution in [0.2, 0.25) is 0 Å². The molecule has 0 aromatic heterocycles. The molecular weight excluding hydrogens is 397 g/mol. The fraction of sp³-hybridized carbons (Fsp3) is 0.562. The number of halogens is 2. The first-order valence-corrected chi connectivity index (χ1v) is 8.67. The Kier molecular flexibility index (Phi) is 5.55. The van der Waals surface area contributed by atoms with E-state index < -0.39 is 28.1 Å². The molecule has 138 valence electrons. The van der Waals surface area contributed by atoms with Crippen LogP contribution >= 0.6 is 15.9 Å². The van der Waals surface area contributed by atoms with Crippen molar-refractivity contribution in [2.75, 3.05) is 24.5 Å². The molecule has 0 aliphatic carbocycles. The summed E-state index contributed by atoms with van der Waals surface area (Å²) in [6.45, 7) is 8.23. The van der Waals surface area contributed by atoms with Crippen LogP contribution in [0.3, 0.4) is 0 Å². The summed E-state index contributed by atoms with van der Waals surface area (Å²) in [6, 6.07) is 2.37. The molecule has 1 aromatic rings. The molecule has 7 nitrogen and oxygen atoms in total. The molecule has 0 unspecified atom stereocenters. The Morgan fingerprint density at radius 2 is 2.04 bits per heavy atom. The van der Waals surface area contributed by atoms with Gasteiger partial charge in [0.2, 0.25) is 5.82 Å². The van der Waals surface area contributed by atoms with Crippen LogP contribution in [0.15, 0.2) is 16.6 Å². The van der Waals surface area contributed by atoms with Crippen molar-refractivity contribution in [1.29, 1.82) is 0 Å². The first kappa shape index (κ1) is 19.4. The normalized spacial score (nSPS) is 18.2. The maximum Gasteiger partial charge on any atom is 0.410 e. The first-order valence-electron chi connectivity index (χ1n) is 7.87. The second-order valence-corrected chi connectivity index (χ2v) is 7.90. The number of nitrogens with zero attached hydrogens (tertiary/aromatic N) is 3. The predicted octanol–water partition coefficient (Wildman–Crippen LogP) is 3.94. The number of nitro benzene ring substituents is 1. The summed E-state index contributed by atoms with van der Waals surface area (Å²) in [5.41, 5.74) is -0.950. The molecule has 0 bridgehead atoms. The highest BCUT2D eigenvalue weighted by atomic mass is 79.9. The van der Waals surface area contributed by atoms with Crippen molar-refractivity contribution in [2.45, 2.75) is 39.3 Å². The van der Waals surface area contributed by atoms with Gasteiger partial charge in [-0.05, 0) is 39.8 Å². The second kappa shape index (κ2) is 7.15. The van der Waals surface area contributed by atoms with Gasteiger partial charge in [0.25, 0.3) is 0 Å². The van der Waals surface area contributed by atoms with Crippen LogP contribution in [0.25, 0.3) is 0 Å². The summed E-state index contributed by atoms with van der Waals surface area (Å²) in [5.74, 6) is -0.892. The van der Waals surface area contributed by atoms with Crippen molar-refractivity contribution in [3.05, 3.63) is 32.5 Å². The fourth-order valence-electron chi connectivity index (χ4n) is 2.74. The lowest BCUT2D eigenvalue weighted by Gasteiger charge is -2.41. The Morgan fingerprint density at radius 1 is 1.40 bits per heavy atom. The van der Waals surface area contributed by atoms with E-state index in [-0.39, 0.29) is 11.7 Å². The summed E-state index contributed by atoms with van der Waals surface area (Å²) in [4.78, 5) is 26.1.